The highest BCUT2D eigenvalue weighted by Crippen LogP contribution is 2.60. The van der Waals surface area contributed by atoms with Crippen molar-refractivity contribution in [3.63, 3.8) is 0 Å². The van der Waals surface area contributed by atoms with E-state index in [-0.39, 0.29) is 43.5 Å². The number of esters is 1. The summed E-state index contributed by atoms with van der Waals surface area (Å²) >= 11 is 1.84. The van der Waals surface area contributed by atoms with Crippen molar-refractivity contribution in [3.8, 4) is 0 Å². The van der Waals surface area contributed by atoms with E-state index >= 15 is 0 Å². The van der Waals surface area contributed by atoms with Crippen molar-refractivity contribution in [1.82, 2.24) is 10.6 Å². The number of aliphatic hydroxyl groups is 4. The Hall–Kier alpha value is -1.07. The van der Waals surface area contributed by atoms with Crippen molar-refractivity contribution in [3.05, 3.63) is 0 Å². The summed E-state index contributed by atoms with van der Waals surface area (Å²) in [5.41, 5.74) is -7.71. The number of carbonyl (C=O) groups is 2. The van der Waals surface area contributed by atoms with Crippen molar-refractivity contribution < 1.29 is 34.8 Å². The molecule has 2 aliphatic heterocycles. The second-order valence-electron chi connectivity index (χ2n) is 11.2. The number of rotatable bonds is 8. The zero-order chi connectivity index (χ0) is 24.9. The van der Waals surface area contributed by atoms with Gasteiger partial charge in [0.25, 0.3) is 0 Å². The molecule has 8 atom stereocenters. The molecule has 190 valence electrons. The van der Waals surface area contributed by atoms with E-state index in [1.165, 1.54) is 20.8 Å². The van der Waals surface area contributed by atoms with E-state index in [2.05, 4.69) is 10.6 Å². The molecular formula is C23H40N2O7S. The van der Waals surface area contributed by atoms with Gasteiger partial charge in [-0.1, -0.05) is 20.3 Å². The van der Waals surface area contributed by atoms with Gasteiger partial charge in [-0.3, -0.25) is 4.79 Å². The Bertz CT molecular complexity index is 774. The molecule has 0 aromatic rings. The maximum absolute atomic E-state index is 12.4. The summed E-state index contributed by atoms with van der Waals surface area (Å²) in [5, 5.41) is 49.8. The first-order valence-corrected chi connectivity index (χ1v) is 12.8. The third-order valence-electron chi connectivity index (χ3n) is 8.99. The van der Waals surface area contributed by atoms with Gasteiger partial charge in [0.15, 0.2) is 0 Å². The third kappa shape index (κ3) is 4.26. The predicted octanol–water partition coefficient (Wildman–Crippen LogP) is 0.917. The summed E-state index contributed by atoms with van der Waals surface area (Å²) in [4.78, 5) is 23.9. The van der Waals surface area contributed by atoms with Crippen molar-refractivity contribution in [2.24, 2.45) is 10.8 Å². The molecule has 0 aromatic heterocycles. The number of carbonyl (C=O) groups excluding carboxylic acids is 2. The van der Waals surface area contributed by atoms with E-state index in [9.17, 15) is 30.0 Å². The standard InChI is InChI=1S/C23H40N2O7S/c1-19(12-26)11-20(2,22(4,30)23(5,31)21(19,3)29)13-32-16(27)9-7-6-8-15-17-14(10-33-15)24-18(28)25-17/h14-15,17,26,29-31H,6-13H2,1-5H3,(H2,24,25,28)/t14-,15?,17-,19?,20+,21+,22?,23+/m0/s1. The fraction of sp³-hybridized carbons (Fsp3) is 0.913. The number of nitrogens with one attached hydrogen (secondary N) is 2. The summed E-state index contributed by atoms with van der Waals surface area (Å²) in [6.07, 6.45) is 2.78. The third-order valence-corrected chi connectivity index (χ3v) is 10.5. The number of amides is 2. The minimum absolute atomic E-state index is 0.108. The Kier molecular flexibility index (Phi) is 7.12. The Morgan fingerprint density at radius 1 is 1.03 bits per heavy atom. The number of unbranched alkanes of at least 4 members (excludes halogenated alkanes) is 1. The summed E-state index contributed by atoms with van der Waals surface area (Å²) in [5.74, 6) is 0.514. The van der Waals surface area contributed by atoms with Gasteiger partial charge in [-0.25, -0.2) is 4.79 Å². The van der Waals surface area contributed by atoms with Gasteiger partial charge in [0.2, 0.25) is 0 Å². The van der Waals surface area contributed by atoms with Gasteiger partial charge in [-0.05, 0) is 40.0 Å². The van der Waals surface area contributed by atoms with Gasteiger partial charge >= 0.3 is 12.0 Å². The van der Waals surface area contributed by atoms with Crippen LogP contribution in [0, 0.1) is 10.8 Å². The van der Waals surface area contributed by atoms with Crippen LogP contribution in [0.5, 0.6) is 0 Å². The van der Waals surface area contributed by atoms with Gasteiger partial charge < -0.3 is 35.8 Å². The molecule has 0 aromatic carbocycles. The van der Waals surface area contributed by atoms with E-state index in [0.717, 1.165) is 18.6 Å². The molecule has 3 fully saturated rings. The highest BCUT2D eigenvalue weighted by atomic mass is 32.2. The minimum atomic E-state index is -1.96. The van der Waals surface area contributed by atoms with Gasteiger partial charge in [0, 0.05) is 28.3 Å². The number of hydrogen-bond acceptors (Lipinski definition) is 8. The number of urea groups is 1. The number of ether oxygens (including phenoxy) is 1. The molecule has 2 amide bonds. The fourth-order valence-corrected chi connectivity index (χ4v) is 7.37. The van der Waals surface area contributed by atoms with Gasteiger partial charge in [0.05, 0.1) is 25.3 Å². The quantitative estimate of drug-likeness (QED) is 0.168. The van der Waals surface area contributed by atoms with Crippen LogP contribution in [0.1, 0.15) is 66.7 Å². The second-order valence-corrected chi connectivity index (χ2v) is 12.5. The Labute approximate surface area is 200 Å². The number of hydrogen-bond donors (Lipinski definition) is 6. The zero-order valence-corrected chi connectivity index (χ0v) is 21.1. The molecule has 10 heteroatoms. The lowest BCUT2D eigenvalue weighted by Crippen LogP contribution is -2.79. The smallest absolute Gasteiger partial charge is 0.315 e. The first kappa shape index (κ1) is 26.5. The van der Waals surface area contributed by atoms with Crippen LogP contribution in [0.2, 0.25) is 0 Å². The first-order chi connectivity index (χ1) is 15.1. The Morgan fingerprint density at radius 2 is 1.67 bits per heavy atom. The fourth-order valence-electron chi connectivity index (χ4n) is 5.83. The van der Waals surface area contributed by atoms with E-state index in [4.69, 9.17) is 4.74 Å². The largest absolute Gasteiger partial charge is 0.465 e. The molecule has 0 spiro atoms. The van der Waals surface area contributed by atoms with Crippen LogP contribution in [0.15, 0.2) is 0 Å². The summed E-state index contributed by atoms with van der Waals surface area (Å²) in [6, 6.07) is 0.224. The van der Waals surface area contributed by atoms with Crippen LogP contribution < -0.4 is 10.6 Å². The lowest BCUT2D eigenvalue weighted by molar-refractivity contribution is -0.340. The minimum Gasteiger partial charge on any atom is -0.465 e. The molecule has 1 aliphatic carbocycles. The van der Waals surface area contributed by atoms with Crippen molar-refractivity contribution >= 4 is 23.8 Å². The average Bonchev–Trinajstić information content (AvgIpc) is 3.27. The van der Waals surface area contributed by atoms with E-state index in [1.807, 2.05) is 11.8 Å². The van der Waals surface area contributed by atoms with Crippen LogP contribution in [0.4, 0.5) is 4.79 Å². The van der Waals surface area contributed by atoms with Gasteiger partial charge in [0.1, 0.15) is 16.8 Å². The van der Waals surface area contributed by atoms with Crippen LogP contribution in [-0.2, 0) is 9.53 Å². The molecular weight excluding hydrogens is 448 g/mol. The zero-order valence-electron chi connectivity index (χ0n) is 20.3. The molecule has 3 rings (SSSR count). The molecule has 0 bridgehead atoms. The highest BCUT2D eigenvalue weighted by Gasteiger charge is 2.72. The molecule has 1 saturated carbocycles. The Balaban J connectivity index is 1.52. The van der Waals surface area contributed by atoms with Crippen LogP contribution in [0.3, 0.4) is 0 Å². The SMILES string of the molecule is CC1(O)[C@@](C)(COC(=O)CCCCC2SC[C@@H]3NC(=O)N[C@H]23)CC(C)(CO)[C@@](C)(O)[C@@]1(C)O. The average molecular weight is 489 g/mol. The maximum Gasteiger partial charge on any atom is 0.315 e. The molecule has 2 heterocycles. The molecule has 3 unspecified atom stereocenters. The molecule has 6 N–H and O–H groups in total. The van der Waals surface area contributed by atoms with Crippen LogP contribution >= 0.6 is 11.8 Å². The molecule has 9 nitrogen and oxygen atoms in total. The first-order valence-electron chi connectivity index (χ1n) is 11.7. The second kappa shape index (κ2) is 8.86. The molecule has 0 radical (unpaired) electrons. The lowest BCUT2D eigenvalue weighted by atomic mass is 9.45. The van der Waals surface area contributed by atoms with Crippen molar-refractivity contribution in [2.45, 2.75) is 101 Å². The number of fused-ring (bicyclic) bond motifs is 1. The normalized spacial score (nSPS) is 47.1. The van der Waals surface area contributed by atoms with E-state index < -0.39 is 34.2 Å². The lowest BCUT2D eigenvalue weighted by Gasteiger charge is -2.66. The maximum atomic E-state index is 12.4. The highest BCUT2D eigenvalue weighted by molar-refractivity contribution is 8.00. The summed E-state index contributed by atoms with van der Waals surface area (Å²) < 4.78 is 5.53. The van der Waals surface area contributed by atoms with Crippen molar-refractivity contribution in [2.75, 3.05) is 19.0 Å². The number of aliphatic hydroxyl groups excluding tert-OH is 1. The predicted molar refractivity (Wildman–Crippen MR) is 125 cm³/mol. The Morgan fingerprint density at radius 3 is 2.30 bits per heavy atom. The molecule has 3 aliphatic rings. The molecule has 2 saturated heterocycles. The monoisotopic (exact) mass is 488 g/mol. The van der Waals surface area contributed by atoms with Crippen molar-refractivity contribution in [1.29, 1.82) is 0 Å². The van der Waals surface area contributed by atoms with Gasteiger partial charge in [-0.2, -0.15) is 11.8 Å². The van der Waals surface area contributed by atoms with Crippen LogP contribution in [0.25, 0.3) is 0 Å². The summed E-state index contributed by atoms with van der Waals surface area (Å²) in [7, 11) is 0. The van der Waals surface area contributed by atoms with E-state index in [1.54, 1.807) is 13.8 Å². The van der Waals surface area contributed by atoms with E-state index in [0.29, 0.717) is 11.7 Å². The van der Waals surface area contributed by atoms with Crippen LogP contribution in [-0.4, -0.2) is 85.5 Å². The molecule has 33 heavy (non-hydrogen) atoms. The topological polar surface area (TPSA) is 148 Å². The number of thioether (sulfide) groups is 1. The summed E-state index contributed by atoms with van der Waals surface area (Å²) in [6.45, 7) is 7.04. The van der Waals surface area contributed by atoms with Gasteiger partial charge in [-0.15, -0.1) is 0 Å².